The average molecular weight is 461 g/mol. The lowest BCUT2D eigenvalue weighted by atomic mass is 10.1. The van der Waals surface area contributed by atoms with E-state index < -0.39 is 44.2 Å². The molecule has 1 rings (SSSR count). The average Bonchev–Trinajstić information content (AvgIpc) is 2.95. The van der Waals surface area contributed by atoms with Gasteiger partial charge in [-0.05, 0) is 38.9 Å². The summed E-state index contributed by atoms with van der Waals surface area (Å²) < 4.78 is 17.1. The normalized spacial score (nSPS) is 22.3. The van der Waals surface area contributed by atoms with Crippen LogP contribution in [-0.2, 0) is 28.3 Å². The van der Waals surface area contributed by atoms with Gasteiger partial charge < -0.3 is 13.9 Å². The lowest BCUT2D eigenvalue weighted by Gasteiger charge is -2.40. The molecule has 1 aliphatic heterocycles. The van der Waals surface area contributed by atoms with Gasteiger partial charge in [0.25, 0.3) is 0 Å². The van der Waals surface area contributed by atoms with Crippen molar-refractivity contribution < 1.29 is 33.1 Å². The molecule has 0 N–H and O–H groups in total. The number of nitrogens with zero attached hydrogens (tertiary/aromatic N) is 2. The fraction of sp³-hybridized carbons (Fsp3) is 0.857. The van der Waals surface area contributed by atoms with Crippen LogP contribution >= 0.6 is 0 Å². The zero-order valence-electron chi connectivity index (χ0n) is 20.9. The Morgan fingerprint density at radius 2 is 1.61 bits per heavy atom. The summed E-state index contributed by atoms with van der Waals surface area (Å²) in [6, 6.07) is -1.60. The largest absolute Gasteiger partial charge is 0.467 e. The van der Waals surface area contributed by atoms with Gasteiger partial charge in [0, 0.05) is 13.5 Å². The summed E-state index contributed by atoms with van der Waals surface area (Å²) in [6.07, 6.45) is -1.04. The van der Waals surface area contributed by atoms with Crippen LogP contribution < -0.4 is 0 Å². The predicted octanol–water partition coefficient (Wildman–Crippen LogP) is 3.34. The van der Waals surface area contributed by atoms with Gasteiger partial charge in [0.2, 0.25) is 5.91 Å². The van der Waals surface area contributed by atoms with Gasteiger partial charge in [-0.1, -0.05) is 20.8 Å². The van der Waals surface area contributed by atoms with E-state index >= 15 is 0 Å². The minimum absolute atomic E-state index is 0.0730. The fourth-order valence-corrected chi connectivity index (χ4v) is 4.51. The first kappa shape index (κ1) is 27.4. The van der Waals surface area contributed by atoms with Gasteiger partial charge in [-0.25, -0.2) is 14.7 Å². The number of rotatable bonds is 6. The molecule has 0 radical (unpaired) electrons. The Morgan fingerprint density at radius 1 is 1.06 bits per heavy atom. The van der Waals surface area contributed by atoms with E-state index in [-0.39, 0.29) is 23.8 Å². The molecule has 0 aromatic carbocycles. The van der Waals surface area contributed by atoms with Crippen LogP contribution in [0.2, 0.25) is 18.1 Å². The zero-order valence-corrected chi connectivity index (χ0v) is 21.9. The Labute approximate surface area is 187 Å². The maximum atomic E-state index is 13.1. The summed E-state index contributed by atoms with van der Waals surface area (Å²) in [6.45, 7) is 15.8. The predicted molar refractivity (Wildman–Crippen MR) is 119 cm³/mol. The Morgan fingerprint density at radius 3 is 2.03 bits per heavy atom. The van der Waals surface area contributed by atoms with Gasteiger partial charge in [0.1, 0.15) is 11.6 Å². The lowest BCUT2D eigenvalue weighted by Crippen LogP contribution is -2.52. The van der Waals surface area contributed by atoms with Crippen LogP contribution in [0.25, 0.3) is 0 Å². The van der Waals surface area contributed by atoms with Crippen molar-refractivity contribution in [2.24, 2.45) is 0 Å². The van der Waals surface area contributed by atoms with Crippen molar-refractivity contribution in [3.05, 3.63) is 0 Å². The number of likely N-dealkylation sites (tertiary alicyclic amines) is 1. The van der Waals surface area contributed by atoms with Crippen molar-refractivity contribution in [3.63, 3.8) is 0 Å². The third-order valence-electron chi connectivity index (χ3n) is 5.92. The second-order valence-corrected chi connectivity index (χ2v) is 15.2. The molecular formula is C21H40N2O7Si. The van der Waals surface area contributed by atoms with Crippen LogP contribution in [0.4, 0.5) is 4.79 Å². The molecule has 1 heterocycles. The molecule has 0 unspecified atom stereocenters. The lowest BCUT2D eigenvalue weighted by molar-refractivity contribution is -0.170. The Kier molecular flexibility index (Phi) is 8.72. The fourth-order valence-electron chi connectivity index (χ4n) is 3.14. The second kappa shape index (κ2) is 9.87. The summed E-state index contributed by atoms with van der Waals surface area (Å²) in [5.74, 6) is -0.903. The molecule has 3 atom stereocenters. The van der Waals surface area contributed by atoms with E-state index in [0.717, 1.165) is 5.06 Å². The quantitative estimate of drug-likeness (QED) is 0.341. The van der Waals surface area contributed by atoms with Crippen LogP contribution in [0.5, 0.6) is 0 Å². The Balaban J connectivity index is 3.41. The van der Waals surface area contributed by atoms with Crippen LogP contribution in [0.15, 0.2) is 0 Å². The van der Waals surface area contributed by atoms with E-state index in [9.17, 15) is 14.4 Å². The SMILES string of the molecule is COC(=O)[C@@H]1C[C@H](O[Si](C)(C)C(C)(C)C)[C@@H](CC(=O)N(C)OC)N1C(=O)OC(C)(C)C. The monoisotopic (exact) mass is 460 g/mol. The minimum atomic E-state index is -2.27. The standard InChI is InChI=1S/C21H40N2O7Si/c1-20(2,3)29-19(26)23-14(13-17(24)22(7)28-9)16(12-15(23)18(25)27-8)30-31(10,11)21(4,5)6/h14-16H,12-13H2,1-11H3/t14-,15+,16+/m1/s1. The zero-order chi connectivity index (χ0) is 24.4. The summed E-state index contributed by atoms with van der Waals surface area (Å²) in [5, 5.41) is 1.01. The van der Waals surface area contributed by atoms with E-state index in [0.29, 0.717) is 0 Å². The highest BCUT2D eigenvalue weighted by Crippen LogP contribution is 2.41. The van der Waals surface area contributed by atoms with Crippen molar-refractivity contribution in [1.29, 1.82) is 0 Å². The Bertz CT molecular complexity index is 670. The number of methoxy groups -OCH3 is 1. The number of esters is 1. The highest BCUT2D eigenvalue weighted by atomic mass is 28.4. The number of amides is 2. The van der Waals surface area contributed by atoms with Crippen molar-refractivity contribution in [2.75, 3.05) is 21.3 Å². The Hall–Kier alpha value is -1.65. The molecule has 31 heavy (non-hydrogen) atoms. The minimum Gasteiger partial charge on any atom is -0.467 e. The van der Waals surface area contributed by atoms with Crippen LogP contribution in [0.1, 0.15) is 54.4 Å². The molecule has 0 saturated carbocycles. The van der Waals surface area contributed by atoms with E-state index in [4.69, 9.17) is 18.7 Å². The molecule has 0 bridgehead atoms. The molecule has 0 spiro atoms. The van der Waals surface area contributed by atoms with E-state index in [2.05, 4.69) is 33.9 Å². The van der Waals surface area contributed by atoms with E-state index in [1.165, 1.54) is 26.2 Å². The number of ether oxygens (including phenoxy) is 2. The van der Waals surface area contributed by atoms with Crippen molar-refractivity contribution >= 4 is 26.3 Å². The van der Waals surface area contributed by atoms with Gasteiger partial charge in [-0.3, -0.25) is 14.5 Å². The maximum Gasteiger partial charge on any atom is 0.411 e. The molecule has 1 fully saturated rings. The highest BCUT2D eigenvalue weighted by molar-refractivity contribution is 6.74. The van der Waals surface area contributed by atoms with Gasteiger partial charge in [0.05, 0.1) is 32.8 Å². The van der Waals surface area contributed by atoms with Gasteiger partial charge in [-0.2, -0.15) is 0 Å². The number of hydrogen-bond donors (Lipinski definition) is 0. The summed E-state index contributed by atoms with van der Waals surface area (Å²) >= 11 is 0. The topological polar surface area (TPSA) is 94.6 Å². The molecule has 10 heteroatoms. The number of carbonyl (C=O) groups is 3. The molecule has 9 nitrogen and oxygen atoms in total. The van der Waals surface area contributed by atoms with E-state index in [1.54, 1.807) is 20.8 Å². The first-order chi connectivity index (χ1) is 13.9. The molecule has 180 valence electrons. The van der Waals surface area contributed by atoms with Crippen molar-refractivity contribution in [1.82, 2.24) is 9.96 Å². The molecule has 1 saturated heterocycles. The number of hydrogen-bond acceptors (Lipinski definition) is 7. The molecule has 1 aliphatic rings. The van der Waals surface area contributed by atoms with Crippen LogP contribution in [0, 0.1) is 0 Å². The van der Waals surface area contributed by atoms with Crippen molar-refractivity contribution in [2.45, 2.75) is 96.3 Å². The van der Waals surface area contributed by atoms with Crippen LogP contribution in [-0.4, -0.2) is 81.3 Å². The van der Waals surface area contributed by atoms with Gasteiger partial charge >= 0.3 is 12.1 Å². The van der Waals surface area contributed by atoms with Crippen molar-refractivity contribution in [3.8, 4) is 0 Å². The smallest absolute Gasteiger partial charge is 0.411 e. The third kappa shape index (κ3) is 6.91. The number of hydroxylamine groups is 2. The first-order valence-electron chi connectivity index (χ1n) is 10.5. The summed E-state index contributed by atoms with van der Waals surface area (Å²) in [4.78, 5) is 44.7. The maximum absolute atomic E-state index is 13.1. The second-order valence-electron chi connectivity index (χ2n) is 10.4. The number of carbonyl (C=O) groups excluding carboxylic acids is 3. The van der Waals surface area contributed by atoms with Gasteiger partial charge in [0.15, 0.2) is 8.32 Å². The van der Waals surface area contributed by atoms with E-state index in [1.807, 2.05) is 0 Å². The molecule has 0 aliphatic carbocycles. The summed E-state index contributed by atoms with van der Waals surface area (Å²) in [7, 11) is 1.89. The summed E-state index contributed by atoms with van der Waals surface area (Å²) in [5.41, 5.74) is -0.770. The van der Waals surface area contributed by atoms with Gasteiger partial charge in [-0.15, -0.1) is 0 Å². The first-order valence-corrected chi connectivity index (χ1v) is 13.4. The third-order valence-corrected chi connectivity index (χ3v) is 10.4. The molecular weight excluding hydrogens is 420 g/mol. The molecule has 2 amide bonds. The molecule has 0 aromatic heterocycles. The van der Waals surface area contributed by atoms with Crippen LogP contribution in [0.3, 0.4) is 0 Å². The molecule has 0 aromatic rings. The highest BCUT2D eigenvalue weighted by Gasteiger charge is 2.53.